The van der Waals surface area contributed by atoms with E-state index in [0.29, 0.717) is 30.1 Å². The highest BCUT2D eigenvalue weighted by Gasteiger charge is 2.31. The van der Waals surface area contributed by atoms with E-state index in [2.05, 4.69) is 25.6 Å². The van der Waals surface area contributed by atoms with Crippen molar-refractivity contribution in [1.29, 1.82) is 0 Å². The first kappa shape index (κ1) is 17.7. The highest BCUT2D eigenvalue weighted by molar-refractivity contribution is 6.15. The van der Waals surface area contributed by atoms with E-state index in [1.54, 1.807) is 30.5 Å². The van der Waals surface area contributed by atoms with Gasteiger partial charge in [-0.25, -0.2) is 9.61 Å². The van der Waals surface area contributed by atoms with Gasteiger partial charge in [0, 0.05) is 18.3 Å². The normalized spacial score (nSPS) is 13.5. The zero-order valence-electron chi connectivity index (χ0n) is 15.6. The molecule has 0 atom stereocenters. The first-order chi connectivity index (χ1) is 14.7. The predicted molar refractivity (Wildman–Crippen MR) is 111 cm³/mol. The molecule has 10 heteroatoms. The van der Waals surface area contributed by atoms with Gasteiger partial charge in [-0.05, 0) is 28.5 Å². The summed E-state index contributed by atoms with van der Waals surface area (Å²) in [5.41, 5.74) is 1.95. The quantitative estimate of drug-likeness (QED) is 0.398. The highest BCUT2D eigenvalue weighted by atomic mass is 16.6. The number of rotatable bonds is 5. The molecule has 0 radical (unpaired) electrons. The van der Waals surface area contributed by atoms with Crippen LogP contribution in [-0.2, 0) is 0 Å². The van der Waals surface area contributed by atoms with Gasteiger partial charge in [0.25, 0.3) is 0 Å². The smallest absolute Gasteiger partial charge is 0.324 e. The topological polar surface area (TPSA) is 123 Å². The largest absolute Gasteiger partial charge is 0.334 e. The number of nitro groups is 1. The van der Waals surface area contributed by atoms with Gasteiger partial charge in [0.2, 0.25) is 5.52 Å². The second-order valence-corrected chi connectivity index (χ2v) is 6.57. The highest BCUT2D eigenvalue weighted by Crippen LogP contribution is 2.40. The standard InChI is InChI=1S/C20H15N7O3/c28-27(29)19-14(23-16-8-4-5-9-21-16)12-15(17-18(19)25-30-24-17)26-11-10-22-20(26)13-6-2-1-3-7-13/h1-9,12H,10-11H2,(H,21,23). The number of nitrogens with zero attached hydrogens (tertiary/aromatic N) is 6. The molecule has 0 unspecified atom stereocenters. The summed E-state index contributed by atoms with van der Waals surface area (Å²) in [4.78, 5) is 22.1. The second kappa shape index (κ2) is 7.24. The van der Waals surface area contributed by atoms with Crippen molar-refractivity contribution in [3.8, 4) is 0 Å². The van der Waals surface area contributed by atoms with E-state index >= 15 is 0 Å². The van der Waals surface area contributed by atoms with E-state index in [1.807, 2.05) is 35.2 Å². The Hall–Kier alpha value is -4.34. The zero-order chi connectivity index (χ0) is 20.5. The molecule has 5 rings (SSSR count). The SMILES string of the molecule is O=[N+]([O-])c1c(Nc2ccccn2)cc(N2CCN=C2c2ccccc2)c2nonc12. The molecule has 0 saturated carbocycles. The van der Waals surface area contributed by atoms with Crippen LogP contribution in [0.4, 0.5) is 22.9 Å². The average molecular weight is 401 g/mol. The first-order valence-electron chi connectivity index (χ1n) is 9.21. The molecule has 4 aromatic rings. The molecule has 10 nitrogen and oxygen atoms in total. The van der Waals surface area contributed by atoms with Gasteiger partial charge in [-0.2, -0.15) is 0 Å². The Bertz CT molecular complexity index is 1260. The molecular formula is C20H15N7O3. The monoisotopic (exact) mass is 401 g/mol. The van der Waals surface area contributed by atoms with Gasteiger partial charge in [-0.3, -0.25) is 15.1 Å². The number of amidine groups is 1. The molecule has 30 heavy (non-hydrogen) atoms. The molecule has 0 fully saturated rings. The summed E-state index contributed by atoms with van der Waals surface area (Å²) >= 11 is 0. The Labute approximate surface area is 170 Å². The molecule has 1 aliphatic rings. The molecule has 2 aromatic carbocycles. The number of fused-ring (bicyclic) bond motifs is 1. The molecule has 0 saturated heterocycles. The van der Waals surface area contributed by atoms with Crippen molar-refractivity contribution in [1.82, 2.24) is 15.3 Å². The van der Waals surface area contributed by atoms with Crippen LogP contribution in [0.25, 0.3) is 11.0 Å². The molecule has 1 N–H and O–H groups in total. The van der Waals surface area contributed by atoms with E-state index in [1.165, 1.54) is 0 Å². The molecule has 148 valence electrons. The lowest BCUT2D eigenvalue weighted by atomic mass is 10.1. The van der Waals surface area contributed by atoms with E-state index in [0.717, 1.165) is 11.4 Å². The lowest BCUT2D eigenvalue weighted by Gasteiger charge is -2.21. The van der Waals surface area contributed by atoms with Crippen LogP contribution < -0.4 is 10.2 Å². The van der Waals surface area contributed by atoms with Crippen molar-refractivity contribution < 1.29 is 9.55 Å². The van der Waals surface area contributed by atoms with Crippen molar-refractivity contribution in [2.75, 3.05) is 23.3 Å². The lowest BCUT2D eigenvalue weighted by Crippen LogP contribution is -2.28. The summed E-state index contributed by atoms with van der Waals surface area (Å²) < 4.78 is 4.89. The summed E-state index contributed by atoms with van der Waals surface area (Å²) in [5, 5.41) is 22.6. The third-order valence-corrected chi connectivity index (χ3v) is 4.77. The molecule has 0 spiro atoms. The van der Waals surface area contributed by atoms with Crippen molar-refractivity contribution in [3.63, 3.8) is 0 Å². The molecule has 0 aliphatic carbocycles. The Balaban J connectivity index is 1.67. The van der Waals surface area contributed by atoms with Crippen LogP contribution in [0.1, 0.15) is 5.56 Å². The fourth-order valence-corrected chi connectivity index (χ4v) is 3.49. The summed E-state index contributed by atoms with van der Waals surface area (Å²) in [7, 11) is 0. The van der Waals surface area contributed by atoms with E-state index in [-0.39, 0.29) is 16.9 Å². The number of hydrogen-bond donors (Lipinski definition) is 1. The van der Waals surface area contributed by atoms with Gasteiger partial charge in [0.05, 0.1) is 17.2 Å². The Morgan fingerprint density at radius 3 is 2.63 bits per heavy atom. The van der Waals surface area contributed by atoms with Crippen LogP contribution >= 0.6 is 0 Å². The molecular weight excluding hydrogens is 386 g/mol. The zero-order valence-corrected chi connectivity index (χ0v) is 15.6. The van der Waals surface area contributed by atoms with Crippen molar-refractivity contribution in [2.45, 2.75) is 0 Å². The van der Waals surface area contributed by atoms with Gasteiger partial charge in [0.1, 0.15) is 17.3 Å². The van der Waals surface area contributed by atoms with Crippen LogP contribution in [0.15, 0.2) is 70.4 Å². The Morgan fingerprint density at radius 2 is 1.87 bits per heavy atom. The summed E-state index contributed by atoms with van der Waals surface area (Å²) in [6, 6.07) is 16.7. The minimum atomic E-state index is -0.502. The van der Waals surface area contributed by atoms with Crippen molar-refractivity contribution in [3.05, 3.63) is 76.5 Å². The maximum absolute atomic E-state index is 11.8. The summed E-state index contributed by atoms with van der Waals surface area (Å²) in [5.74, 6) is 1.23. The summed E-state index contributed by atoms with van der Waals surface area (Å²) in [6.45, 7) is 1.20. The van der Waals surface area contributed by atoms with Gasteiger partial charge in [-0.1, -0.05) is 36.4 Å². The molecule has 3 heterocycles. The fraction of sp³-hybridized carbons (Fsp3) is 0.100. The van der Waals surface area contributed by atoms with Gasteiger partial charge >= 0.3 is 5.69 Å². The number of pyridine rings is 1. The van der Waals surface area contributed by atoms with Gasteiger partial charge in [-0.15, -0.1) is 0 Å². The number of hydrogen-bond acceptors (Lipinski definition) is 9. The van der Waals surface area contributed by atoms with Crippen LogP contribution in [0.5, 0.6) is 0 Å². The predicted octanol–water partition coefficient (Wildman–Crippen LogP) is 3.54. The van der Waals surface area contributed by atoms with Crippen LogP contribution in [-0.4, -0.2) is 39.1 Å². The van der Waals surface area contributed by atoms with Crippen molar-refractivity contribution in [2.24, 2.45) is 4.99 Å². The lowest BCUT2D eigenvalue weighted by molar-refractivity contribution is -0.382. The third kappa shape index (κ3) is 3.00. The summed E-state index contributed by atoms with van der Waals surface area (Å²) in [6.07, 6.45) is 1.60. The second-order valence-electron chi connectivity index (χ2n) is 6.57. The minimum absolute atomic E-state index is 0.0650. The molecule has 0 amide bonds. The molecule has 0 bridgehead atoms. The van der Waals surface area contributed by atoms with E-state index < -0.39 is 4.92 Å². The average Bonchev–Trinajstić information content (AvgIpc) is 3.44. The van der Waals surface area contributed by atoms with Crippen molar-refractivity contribution >= 4 is 39.7 Å². The Morgan fingerprint density at radius 1 is 1.07 bits per heavy atom. The number of nitro benzene ring substituents is 1. The number of benzene rings is 2. The number of aliphatic imine (C=N–C) groups is 1. The van der Waals surface area contributed by atoms with Crippen LogP contribution in [0.3, 0.4) is 0 Å². The van der Waals surface area contributed by atoms with Crippen LogP contribution in [0, 0.1) is 10.1 Å². The fourth-order valence-electron chi connectivity index (χ4n) is 3.49. The number of aromatic nitrogens is 3. The Kier molecular flexibility index (Phi) is 4.28. The van der Waals surface area contributed by atoms with Crippen LogP contribution in [0.2, 0.25) is 0 Å². The van der Waals surface area contributed by atoms with Gasteiger partial charge < -0.3 is 10.2 Å². The van der Waals surface area contributed by atoms with E-state index in [4.69, 9.17) is 4.63 Å². The minimum Gasteiger partial charge on any atom is -0.334 e. The first-order valence-corrected chi connectivity index (χ1v) is 9.21. The maximum Gasteiger partial charge on any atom is 0.324 e. The number of nitrogens with one attached hydrogen (secondary N) is 1. The molecule has 1 aliphatic heterocycles. The number of anilines is 3. The third-order valence-electron chi connectivity index (χ3n) is 4.77. The maximum atomic E-state index is 11.8. The molecule has 2 aromatic heterocycles. The van der Waals surface area contributed by atoms with E-state index in [9.17, 15) is 10.1 Å². The van der Waals surface area contributed by atoms with Gasteiger partial charge in [0.15, 0.2) is 5.52 Å².